The predicted octanol–water partition coefficient (Wildman–Crippen LogP) is 3.44. The fourth-order valence-corrected chi connectivity index (χ4v) is 5.71. The minimum Gasteiger partial charge on any atom is -0.481 e. The first-order valence-corrected chi connectivity index (χ1v) is 10.9. The van der Waals surface area contributed by atoms with Gasteiger partial charge in [-0.25, -0.2) is 4.98 Å². The van der Waals surface area contributed by atoms with Gasteiger partial charge in [-0.2, -0.15) is 13.8 Å². The van der Waals surface area contributed by atoms with Gasteiger partial charge in [0, 0.05) is 44.1 Å². The Kier molecular flexibility index (Phi) is 4.44. The first-order valence-electron chi connectivity index (χ1n) is 10.9. The van der Waals surface area contributed by atoms with Crippen molar-refractivity contribution in [1.29, 1.82) is 0 Å². The number of hydrogen-bond acceptors (Lipinski definition) is 5. The maximum Gasteiger partial charge on any atom is 0.303 e. The number of carboxylic acids is 1. The van der Waals surface area contributed by atoms with Crippen LogP contribution in [0.5, 0.6) is 0 Å². The number of piperidine rings is 2. The molecule has 3 heterocycles. The molecule has 0 amide bonds. The number of nitrogens with zero attached hydrogens (tertiary/aromatic N) is 4. The van der Waals surface area contributed by atoms with Crippen molar-refractivity contribution in [3.05, 3.63) is 11.3 Å². The predicted molar refractivity (Wildman–Crippen MR) is 104 cm³/mol. The number of hydrogen-bond donors (Lipinski definition) is 1. The summed E-state index contributed by atoms with van der Waals surface area (Å²) in [6.45, 7) is 4.34. The molecule has 0 aromatic carbocycles. The van der Waals surface area contributed by atoms with Crippen LogP contribution in [0.2, 0.25) is 0 Å². The summed E-state index contributed by atoms with van der Waals surface area (Å²) in [6.07, 6.45) is 4.28. The van der Waals surface area contributed by atoms with Crippen molar-refractivity contribution in [2.24, 2.45) is 17.8 Å². The lowest BCUT2D eigenvalue weighted by Gasteiger charge is -2.36. The van der Waals surface area contributed by atoms with E-state index in [1.807, 2.05) is 0 Å². The third kappa shape index (κ3) is 3.24. The van der Waals surface area contributed by atoms with Gasteiger partial charge in [-0.15, -0.1) is 0 Å². The summed E-state index contributed by atoms with van der Waals surface area (Å²) in [6, 6.07) is 0.249. The molecular formula is C21H28F2N4O2. The summed E-state index contributed by atoms with van der Waals surface area (Å²) in [5.41, 5.74) is 0.523. The smallest absolute Gasteiger partial charge is 0.303 e. The Morgan fingerprint density at radius 2 is 1.97 bits per heavy atom. The van der Waals surface area contributed by atoms with Gasteiger partial charge in [0.15, 0.2) is 0 Å². The van der Waals surface area contributed by atoms with E-state index in [9.17, 15) is 13.6 Å². The van der Waals surface area contributed by atoms with E-state index in [4.69, 9.17) is 10.1 Å². The number of fused-ring (bicyclic) bond motifs is 2. The van der Waals surface area contributed by atoms with Crippen molar-refractivity contribution in [1.82, 2.24) is 9.97 Å². The standard InChI is InChI=1S/C21H28F2N4O2/c1-12-5-2-3-8-27(12)20-24-18-13(6-4-7-21(18,22)23)19(25-20)26-10-15-14(9-17(28)29)16(15)11-26/h12,14-16H,2-11H2,1H3,(H,28,29)/t12-,14?,15-,16+/m1/s1. The van der Waals surface area contributed by atoms with Crippen molar-refractivity contribution in [2.75, 3.05) is 29.4 Å². The molecule has 2 aliphatic heterocycles. The maximum atomic E-state index is 14.8. The van der Waals surface area contributed by atoms with Gasteiger partial charge in [-0.1, -0.05) is 0 Å². The lowest BCUT2D eigenvalue weighted by Crippen LogP contribution is -2.40. The molecule has 1 N–H and O–H groups in total. The van der Waals surface area contributed by atoms with Crippen LogP contribution < -0.4 is 9.80 Å². The van der Waals surface area contributed by atoms with Crippen molar-refractivity contribution in [3.8, 4) is 0 Å². The molecule has 0 bridgehead atoms. The average molecular weight is 406 g/mol. The van der Waals surface area contributed by atoms with E-state index >= 15 is 0 Å². The number of alkyl halides is 2. The minimum absolute atomic E-state index is 0.0795. The first kappa shape index (κ1) is 19.0. The second kappa shape index (κ2) is 6.77. The third-order valence-electron chi connectivity index (χ3n) is 7.38. The van der Waals surface area contributed by atoms with Gasteiger partial charge in [0.1, 0.15) is 11.5 Å². The SMILES string of the molecule is C[C@@H]1CCCCN1c1nc(N2C[C@@H]3C(CC(=O)O)[C@@H]3C2)c2c(n1)C(F)(F)CCC2. The normalized spacial score (nSPS) is 32.7. The third-order valence-corrected chi connectivity index (χ3v) is 7.38. The highest BCUT2D eigenvalue weighted by Gasteiger charge is 2.57. The molecule has 0 spiro atoms. The molecule has 2 aliphatic carbocycles. The molecule has 6 nitrogen and oxygen atoms in total. The Bertz CT molecular complexity index is 821. The summed E-state index contributed by atoms with van der Waals surface area (Å²) in [7, 11) is 0. The molecule has 4 atom stereocenters. The highest BCUT2D eigenvalue weighted by Crippen LogP contribution is 2.55. The summed E-state index contributed by atoms with van der Waals surface area (Å²) in [4.78, 5) is 24.5. The molecule has 1 aromatic rings. The fraction of sp³-hybridized carbons (Fsp3) is 0.762. The topological polar surface area (TPSA) is 69.6 Å². The molecule has 8 heteroatoms. The lowest BCUT2D eigenvalue weighted by atomic mass is 9.92. The minimum atomic E-state index is -2.91. The van der Waals surface area contributed by atoms with E-state index in [2.05, 4.69) is 21.7 Å². The van der Waals surface area contributed by atoms with Crippen LogP contribution in [0.4, 0.5) is 20.5 Å². The van der Waals surface area contributed by atoms with E-state index < -0.39 is 11.9 Å². The second-order valence-electron chi connectivity index (χ2n) is 9.26. The molecule has 3 fully saturated rings. The molecule has 29 heavy (non-hydrogen) atoms. The first-order chi connectivity index (χ1) is 13.8. The lowest BCUT2D eigenvalue weighted by molar-refractivity contribution is -0.137. The van der Waals surface area contributed by atoms with Gasteiger partial charge in [-0.05, 0) is 56.8 Å². The maximum absolute atomic E-state index is 14.8. The van der Waals surface area contributed by atoms with Crippen LogP contribution in [-0.4, -0.2) is 46.7 Å². The van der Waals surface area contributed by atoms with E-state index in [0.29, 0.717) is 55.1 Å². The van der Waals surface area contributed by atoms with Gasteiger partial charge in [0.2, 0.25) is 5.95 Å². The molecule has 0 radical (unpaired) electrons. The number of halogens is 2. The monoisotopic (exact) mass is 406 g/mol. The number of anilines is 2. The summed E-state index contributed by atoms with van der Waals surface area (Å²) < 4.78 is 29.6. The number of rotatable bonds is 4. The van der Waals surface area contributed by atoms with Gasteiger partial charge in [0.05, 0.1) is 0 Å². The van der Waals surface area contributed by atoms with Crippen LogP contribution in [0.1, 0.15) is 56.7 Å². The van der Waals surface area contributed by atoms with E-state index in [0.717, 1.165) is 25.8 Å². The van der Waals surface area contributed by atoms with Crippen LogP contribution in [-0.2, 0) is 17.1 Å². The van der Waals surface area contributed by atoms with E-state index in [1.54, 1.807) is 0 Å². The van der Waals surface area contributed by atoms with E-state index in [-0.39, 0.29) is 30.5 Å². The van der Waals surface area contributed by atoms with Gasteiger partial charge in [0.25, 0.3) is 5.92 Å². The molecule has 2 saturated heterocycles. The molecule has 1 unspecified atom stereocenters. The largest absolute Gasteiger partial charge is 0.481 e. The Morgan fingerprint density at radius 1 is 1.21 bits per heavy atom. The zero-order valence-corrected chi connectivity index (χ0v) is 16.8. The number of carbonyl (C=O) groups is 1. The van der Waals surface area contributed by atoms with Crippen molar-refractivity contribution in [2.45, 2.75) is 63.8 Å². The Hall–Kier alpha value is -1.99. The Morgan fingerprint density at radius 3 is 2.66 bits per heavy atom. The van der Waals surface area contributed by atoms with Crippen molar-refractivity contribution >= 4 is 17.7 Å². The quantitative estimate of drug-likeness (QED) is 0.826. The van der Waals surface area contributed by atoms with Crippen LogP contribution in [0.25, 0.3) is 0 Å². The second-order valence-corrected chi connectivity index (χ2v) is 9.26. The number of aliphatic carboxylic acids is 1. The van der Waals surface area contributed by atoms with Gasteiger partial charge < -0.3 is 14.9 Å². The van der Waals surface area contributed by atoms with Gasteiger partial charge in [-0.3, -0.25) is 4.79 Å². The Balaban J connectivity index is 1.48. The Labute approximate surface area is 169 Å². The van der Waals surface area contributed by atoms with Gasteiger partial charge >= 0.3 is 5.97 Å². The van der Waals surface area contributed by atoms with E-state index in [1.165, 1.54) is 0 Å². The molecule has 1 aromatic heterocycles. The van der Waals surface area contributed by atoms with Crippen molar-refractivity contribution < 1.29 is 18.7 Å². The molecule has 5 rings (SSSR count). The van der Waals surface area contributed by atoms with Crippen LogP contribution in [0.3, 0.4) is 0 Å². The summed E-state index contributed by atoms with van der Waals surface area (Å²) in [5, 5.41) is 9.06. The zero-order chi connectivity index (χ0) is 20.3. The summed E-state index contributed by atoms with van der Waals surface area (Å²) >= 11 is 0. The molecular weight excluding hydrogens is 378 g/mol. The molecule has 158 valence electrons. The fourth-order valence-electron chi connectivity index (χ4n) is 5.71. The molecule has 1 saturated carbocycles. The summed E-state index contributed by atoms with van der Waals surface area (Å²) in [5.74, 6) is -1.64. The number of carboxylic acid groups (broad SMARTS) is 1. The highest BCUT2D eigenvalue weighted by atomic mass is 19.3. The van der Waals surface area contributed by atoms with Crippen LogP contribution >= 0.6 is 0 Å². The number of aromatic nitrogens is 2. The molecule has 4 aliphatic rings. The highest BCUT2D eigenvalue weighted by molar-refractivity contribution is 5.68. The van der Waals surface area contributed by atoms with Crippen molar-refractivity contribution in [3.63, 3.8) is 0 Å². The zero-order valence-electron chi connectivity index (χ0n) is 16.8. The van der Waals surface area contributed by atoms with Crippen LogP contribution in [0.15, 0.2) is 0 Å². The van der Waals surface area contributed by atoms with Crippen LogP contribution in [0, 0.1) is 17.8 Å². The average Bonchev–Trinajstić information content (AvgIpc) is 3.10.